The van der Waals surface area contributed by atoms with Crippen LogP contribution in [0.15, 0.2) is 36.4 Å². The highest BCUT2D eigenvalue weighted by molar-refractivity contribution is 6.30. The summed E-state index contributed by atoms with van der Waals surface area (Å²) in [6.45, 7) is -0.995. The lowest BCUT2D eigenvalue weighted by Gasteiger charge is -2.14. The Kier molecular flexibility index (Phi) is 5.37. The van der Waals surface area contributed by atoms with Gasteiger partial charge < -0.3 is 10.1 Å². The normalized spacial score (nSPS) is 21.5. The minimum absolute atomic E-state index is 0.357. The molecule has 3 amide bonds. The van der Waals surface area contributed by atoms with Crippen LogP contribution in [0.25, 0.3) is 0 Å². The number of imide groups is 1. The maximum Gasteiger partial charge on any atom is 0.326 e. The number of nitrogens with zero attached hydrogens (tertiary/aromatic N) is 1. The summed E-state index contributed by atoms with van der Waals surface area (Å²) in [7, 11) is 0. The average molecular weight is 377 g/mol. The van der Waals surface area contributed by atoms with E-state index >= 15 is 0 Å². The number of esters is 1. The van der Waals surface area contributed by atoms with Gasteiger partial charge in [0, 0.05) is 10.7 Å². The molecule has 0 bridgehead atoms. The minimum Gasteiger partial charge on any atom is -0.454 e. The number of likely N-dealkylation sites (tertiary alicyclic amines) is 1. The molecule has 136 valence electrons. The van der Waals surface area contributed by atoms with Crippen molar-refractivity contribution in [3.63, 3.8) is 0 Å². The van der Waals surface area contributed by atoms with Gasteiger partial charge in [0.05, 0.1) is 11.8 Å². The van der Waals surface area contributed by atoms with Gasteiger partial charge in [-0.15, -0.1) is 0 Å². The highest BCUT2D eigenvalue weighted by Gasteiger charge is 2.47. The molecule has 0 radical (unpaired) electrons. The highest BCUT2D eigenvalue weighted by atomic mass is 35.5. The maximum atomic E-state index is 12.3. The quantitative estimate of drug-likeness (QED) is 0.480. The number of allylic oxidation sites excluding steroid dienone is 2. The van der Waals surface area contributed by atoms with E-state index in [2.05, 4.69) is 5.32 Å². The Morgan fingerprint density at radius 2 is 1.81 bits per heavy atom. The van der Waals surface area contributed by atoms with Crippen LogP contribution in [-0.2, 0) is 23.9 Å². The second-order valence-electron chi connectivity index (χ2n) is 6.14. The number of fused-ring (bicyclic) bond motifs is 1. The van der Waals surface area contributed by atoms with Crippen LogP contribution < -0.4 is 5.32 Å². The summed E-state index contributed by atoms with van der Waals surface area (Å²) < 4.78 is 4.87. The molecule has 8 heteroatoms. The van der Waals surface area contributed by atoms with Crippen LogP contribution in [0, 0.1) is 11.8 Å². The van der Waals surface area contributed by atoms with Crippen molar-refractivity contribution < 1.29 is 23.9 Å². The van der Waals surface area contributed by atoms with Crippen LogP contribution in [0.1, 0.15) is 12.8 Å². The van der Waals surface area contributed by atoms with Gasteiger partial charge in [0.1, 0.15) is 6.54 Å². The Morgan fingerprint density at radius 3 is 2.42 bits per heavy atom. The zero-order valence-electron chi connectivity index (χ0n) is 13.8. The molecular formula is C18H17ClN2O5. The maximum absolute atomic E-state index is 12.3. The molecule has 2 atom stereocenters. The first kappa shape index (κ1) is 18.1. The van der Waals surface area contributed by atoms with Gasteiger partial charge in [0.15, 0.2) is 6.61 Å². The van der Waals surface area contributed by atoms with Gasteiger partial charge in [-0.25, -0.2) is 0 Å². The summed E-state index contributed by atoms with van der Waals surface area (Å²) >= 11 is 5.82. The van der Waals surface area contributed by atoms with Gasteiger partial charge >= 0.3 is 5.97 Å². The first-order valence-electron chi connectivity index (χ1n) is 8.17. The molecule has 0 spiro atoms. The van der Waals surface area contributed by atoms with Crippen LogP contribution in [0.5, 0.6) is 0 Å². The molecule has 3 rings (SSSR count). The van der Waals surface area contributed by atoms with Crippen molar-refractivity contribution in [2.45, 2.75) is 12.8 Å². The van der Waals surface area contributed by atoms with Gasteiger partial charge in [-0.3, -0.25) is 24.1 Å². The summed E-state index contributed by atoms with van der Waals surface area (Å²) in [6, 6.07) is 6.53. The van der Waals surface area contributed by atoms with Crippen LogP contribution in [0.2, 0.25) is 5.02 Å². The Bertz CT molecular complexity index is 766. The fraction of sp³-hybridized carbons (Fsp3) is 0.333. The summed E-state index contributed by atoms with van der Waals surface area (Å²) in [5, 5.41) is 2.99. The summed E-state index contributed by atoms with van der Waals surface area (Å²) in [4.78, 5) is 49.2. The molecule has 1 N–H and O–H groups in total. The van der Waals surface area contributed by atoms with Crippen molar-refractivity contribution in [1.82, 2.24) is 4.90 Å². The van der Waals surface area contributed by atoms with E-state index in [4.69, 9.17) is 16.3 Å². The third-order valence-electron chi connectivity index (χ3n) is 4.36. The lowest BCUT2D eigenvalue weighted by molar-refractivity contribution is -0.154. The van der Waals surface area contributed by atoms with E-state index in [0.29, 0.717) is 23.6 Å². The predicted octanol–water partition coefficient (Wildman–Crippen LogP) is 1.77. The fourth-order valence-corrected chi connectivity index (χ4v) is 3.30. The Balaban J connectivity index is 1.49. The second kappa shape index (κ2) is 7.70. The van der Waals surface area contributed by atoms with Gasteiger partial charge in [0.25, 0.3) is 5.91 Å². The standard InChI is InChI=1S/C18H17ClN2O5/c19-11-4-3-5-12(8-11)20-15(22)10-26-16(23)9-21-17(24)13-6-1-2-7-14(13)18(21)25/h1-5,8,13-14H,6-7,9-10H2,(H,20,22)/t13-,14-/m1/s1. The molecule has 1 saturated heterocycles. The number of anilines is 1. The largest absolute Gasteiger partial charge is 0.454 e. The molecule has 0 saturated carbocycles. The van der Waals surface area contributed by atoms with Gasteiger partial charge in [-0.2, -0.15) is 0 Å². The smallest absolute Gasteiger partial charge is 0.326 e. The van der Waals surface area contributed by atoms with E-state index in [-0.39, 0.29) is 11.8 Å². The Morgan fingerprint density at radius 1 is 1.15 bits per heavy atom. The number of benzene rings is 1. The van der Waals surface area contributed by atoms with Crippen molar-refractivity contribution >= 4 is 41.0 Å². The number of carbonyl (C=O) groups excluding carboxylic acids is 4. The first-order chi connectivity index (χ1) is 12.5. The molecule has 2 aliphatic rings. The number of carbonyl (C=O) groups is 4. The zero-order chi connectivity index (χ0) is 18.7. The zero-order valence-corrected chi connectivity index (χ0v) is 14.6. The van der Waals surface area contributed by atoms with Crippen molar-refractivity contribution in [2.75, 3.05) is 18.5 Å². The number of hydrogen-bond donors (Lipinski definition) is 1. The summed E-state index contributed by atoms with van der Waals surface area (Å²) in [5.41, 5.74) is 0.472. The molecule has 1 heterocycles. The van der Waals surface area contributed by atoms with E-state index in [9.17, 15) is 19.2 Å². The van der Waals surface area contributed by atoms with Crippen molar-refractivity contribution in [1.29, 1.82) is 0 Å². The number of rotatable bonds is 5. The summed E-state index contributed by atoms with van der Waals surface area (Å²) in [5.74, 6) is -2.86. The van der Waals surface area contributed by atoms with E-state index < -0.39 is 36.9 Å². The lowest BCUT2D eigenvalue weighted by atomic mass is 9.85. The summed E-state index contributed by atoms with van der Waals surface area (Å²) in [6.07, 6.45) is 4.74. The number of hydrogen-bond acceptors (Lipinski definition) is 5. The van der Waals surface area contributed by atoms with E-state index in [1.54, 1.807) is 24.3 Å². The van der Waals surface area contributed by atoms with Gasteiger partial charge in [0.2, 0.25) is 11.8 Å². The van der Waals surface area contributed by atoms with E-state index in [0.717, 1.165) is 4.90 Å². The number of halogens is 1. The van der Waals surface area contributed by atoms with Crippen molar-refractivity contribution in [2.24, 2.45) is 11.8 Å². The number of amides is 3. The van der Waals surface area contributed by atoms with Gasteiger partial charge in [-0.05, 0) is 31.0 Å². The van der Waals surface area contributed by atoms with Crippen LogP contribution >= 0.6 is 11.6 Å². The topological polar surface area (TPSA) is 92.8 Å². The molecule has 1 aliphatic heterocycles. The predicted molar refractivity (Wildman–Crippen MR) is 93.1 cm³/mol. The molecule has 26 heavy (non-hydrogen) atoms. The molecular weight excluding hydrogens is 360 g/mol. The Hall–Kier alpha value is -2.67. The molecule has 0 aromatic heterocycles. The molecule has 7 nitrogen and oxygen atoms in total. The monoisotopic (exact) mass is 376 g/mol. The third-order valence-corrected chi connectivity index (χ3v) is 4.59. The average Bonchev–Trinajstić information content (AvgIpc) is 2.85. The molecule has 1 aromatic carbocycles. The minimum atomic E-state index is -0.806. The number of ether oxygens (including phenoxy) is 1. The SMILES string of the molecule is O=C(COC(=O)CN1C(=O)[C@@H]2CC=CC[C@H]2C1=O)Nc1cccc(Cl)c1. The van der Waals surface area contributed by atoms with E-state index in [1.165, 1.54) is 0 Å². The molecule has 1 aliphatic carbocycles. The van der Waals surface area contributed by atoms with Gasteiger partial charge in [-0.1, -0.05) is 29.8 Å². The van der Waals surface area contributed by atoms with Crippen molar-refractivity contribution in [3.8, 4) is 0 Å². The second-order valence-corrected chi connectivity index (χ2v) is 6.57. The Labute approximate surface area is 154 Å². The lowest BCUT2D eigenvalue weighted by Crippen LogP contribution is -2.37. The number of nitrogens with one attached hydrogen (secondary N) is 1. The third kappa shape index (κ3) is 3.94. The van der Waals surface area contributed by atoms with Crippen molar-refractivity contribution in [3.05, 3.63) is 41.4 Å². The molecule has 0 unspecified atom stereocenters. The van der Waals surface area contributed by atoms with E-state index in [1.807, 2.05) is 12.2 Å². The van der Waals surface area contributed by atoms with Crippen LogP contribution in [0.4, 0.5) is 5.69 Å². The first-order valence-corrected chi connectivity index (χ1v) is 8.55. The molecule has 1 fully saturated rings. The fourth-order valence-electron chi connectivity index (χ4n) is 3.11. The highest BCUT2D eigenvalue weighted by Crippen LogP contribution is 2.34. The van der Waals surface area contributed by atoms with Crippen LogP contribution in [0.3, 0.4) is 0 Å². The van der Waals surface area contributed by atoms with Crippen LogP contribution in [-0.4, -0.2) is 41.7 Å². The molecule has 1 aromatic rings.